The molecule has 0 aromatic rings. The van der Waals surface area contributed by atoms with Crippen molar-refractivity contribution in [1.82, 2.24) is 0 Å². The van der Waals surface area contributed by atoms with Crippen LogP contribution in [0.5, 0.6) is 0 Å². The molecule has 0 aromatic heterocycles. The summed E-state index contributed by atoms with van der Waals surface area (Å²) in [4.78, 5) is 11.1. The van der Waals surface area contributed by atoms with E-state index in [1.165, 1.54) is 0 Å². The van der Waals surface area contributed by atoms with Crippen LogP contribution in [0.15, 0.2) is 12.2 Å². The molecule has 0 aliphatic rings. The highest BCUT2D eigenvalue weighted by molar-refractivity contribution is 5.91. The van der Waals surface area contributed by atoms with Gasteiger partial charge < -0.3 is 0 Å². The van der Waals surface area contributed by atoms with Gasteiger partial charge in [-0.25, -0.2) is 0 Å². The highest BCUT2D eigenvalue weighted by atomic mass is 16.1. The first-order valence-corrected chi connectivity index (χ1v) is 3.92. The molecule has 0 bridgehead atoms. The first-order valence-electron chi connectivity index (χ1n) is 3.92. The molecule has 0 aromatic carbocycles. The van der Waals surface area contributed by atoms with Crippen LogP contribution in [0.4, 0.5) is 0 Å². The topological polar surface area (TPSA) is 17.1 Å². The molecule has 0 atom stereocenters. The van der Waals surface area contributed by atoms with E-state index in [-0.39, 0.29) is 11.7 Å². The quantitative estimate of drug-likeness (QED) is 0.548. The van der Waals surface area contributed by atoms with Crippen LogP contribution >= 0.6 is 0 Å². The zero-order chi connectivity index (χ0) is 7.98. The maximum absolute atomic E-state index is 11.1. The van der Waals surface area contributed by atoms with Crippen molar-refractivity contribution in [2.45, 2.75) is 33.6 Å². The third-order valence-electron chi connectivity index (χ3n) is 1.72. The number of carbonyl (C=O) groups is 1. The van der Waals surface area contributed by atoms with Gasteiger partial charge in [-0.2, -0.15) is 0 Å². The number of allylic oxidation sites excluding steroid dienone is 2. The van der Waals surface area contributed by atoms with Crippen LogP contribution < -0.4 is 0 Å². The van der Waals surface area contributed by atoms with Crippen molar-refractivity contribution in [2.24, 2.45) is 5.92 Å². The summed E-state index contributed by atoms with van der Waals surface area (Å²) in [5.41, 5.74) is 0. The average Bonchev–Trinajstić information content (AvgIpc) is 1.91. The lowest BCUT2D eigenvalue weighted by Gasteiger charge is -2.05. The predicted octanol–water partition coefficient (Wildman–Crippen LogP) is 2.57. The van der Waals surface area contributed by atoms with Crippen LogP contribution in [0.25, 0.3) is 0 Å². The van der Waals surface area contributed by atoms with Gasteiger partial charge in [0.25, 0.3) is 0 Å². The van der Waals surface area contributed by atoms with Crippen molar-refractivity contribution in [3.8, 4) is 0 Å². The third kappa shape index (κ3) is 2.81. The molecule has 1 heteroatoms. The first-order chi connectivity index (χ1) is 4.76. The Labute approximate surface area is 63.1 Å². The molecule has 0 saturated carbocycles. The molecule has 0 heterocycles. The number of carbonyl (C=O) groups excluding carboxylic acids is 1. The highest BCUT2D eigenvalue weighted by Gasteiger charge is 2.09. The predicted molar refractivity (Wildman–Crippen MR) is 43.9 cm³/mol. The van der Waals surface area contributed by atoms with Gasteiger partial charge in [-0.15, -0.1) is 0 Å². The molecular formula is C9H16O. The summed E-state index contributed by atoms with van der Waals surface area (Å²) in [6.45, 7) is 5.98. The number of ketones is 1. The summed E-state index contributed by atoms with van der Waals surface area (Å²) in [6, 6.07) is 0. The zero-order valence-electron chi connectivity index (χ0n) is 7.05. The van der Waals surface area contributed by atoms with E-state index in [9.17, 15) is 4.79 Å². The summed E-state index contributed by atoms with van der Waals surface area (Å²) in [5, 5.41) is 0. The molecule has 0 aliphatic heterocycles. The molecule has 0 N–H and O–H groups in total. The second-order valence-electron chi connectivity index (χ2n) is 2.42. The van der Waals surface area contributed by atoms with E-state index in [1.54, 1.807) is 12.2 Å². The number of hydrogen-bond donors (Lipinski definition) is 0. The molecule has 0 rings (SSSR count). The van der Waals surface area contributed by atoms with Gasteiger partial charge in [-0.1, -0.05) is 19.9 Å². The monoisotopic (exact) mass is 140 g/mol. The second-order valence-corrected chi connectivity index (χ2v) is 2.42. The lowest BCUT2D eigenvalue weighted by Crippen LogP contribution is -2.08. The maximum Gasteiger partial charge on any atom is 0.158 e. The van der Waals surface area contributed by atoms with Crippen LogP contribution in [0.1, 0.15) is 33.6 Å². The molecule has 0 aliphatic carbocycles. The fourth-order valence-corrected chi connectivity index (χ4v) is 0.991. The smallest absolute Gasteiger partial charge is 0.158 e. The summed E-state index contributed by atoms with van der Waals surface area (Å²) >= 11 is 0. The third-order valence-corrected chi connectivity index (χ3v) is 1.72. The van der Waals surface area contributed by atoms with Gasteiger partial charge in [-0.3, -0.25) is 4.79 Å². The van der Waals surface area contributed by atoms with Crippen molar-refractivity contribution in [3.05, 3.63) is 12.2 Å². The van der Waals surface area contributed by atoms with E-state index in [2.05, 4.69) is 13.8 Å². The Morgan fingerprint density at radius 2 is 1.90 bits per heavy atom. The van der Waals surface area contributed by atoms with E-state index < -0.39 is 0 Å². The van der Waals surface area contributed by atoms with Crippen molar-refractivity contribution in [2.75, 3.05) is 0 Å². The van der Waals surface area contributed by atoms with Crippen LogP contribution in [-0.4, -0.2) is 5.78 Å². The molecule has 0 spiro atoms. The molecule has 1 nitrogen and oxygen atoms in total. The first kappa shape index (κ1) is 9.41. The lowest BCUT2D eigenvalue weighted by atomic mass is 9.98. The molecule has 10 heavy (non-hydrogen) atoms. The van der Waals surface area contributed by atoms with Crippen molar-refractivity contribution in [3.63, 3.8) is 0 Å². The minimum atomic E-state index is 0.246. The van der Waals surface area contributed by atoms with E-state index >= 15 is 0 Å². The van der Waals surface area contributed by atoms with Crippen LogP contribution in [0.3, 0.4) is 0 Å². The van der Waals surface area contributed by atoms with Gasteiger partial charge in [0.2, 0.25) is 0 Å². The molecule has 0 unspecified atom stereocenters. The molecule has 0 amide bonds. The molecule has 0 radical (unpaired) electrons. The highest BCUT2D eigenvalue weighted by Crippen LogP contribution is 2.08. The van der Waals surface area contributed by atoms with Crippen molar-refractivity contribution >= 4 is 5.78 Å². The Kier molecular flexibility index (Phi) is 4.91. The molecular weight excluding hydrogens is 124 g/mol. The Balaban J connectivity index is 3.89. The van der Waals surface area contributed by atoms with Crippen molar-refractivity contribution < 1.29 is 4.79 Å². The minimum absolute atomic E-state index is 0.246. The normalized spacial score (nSPS) is 11.2. The molecule has 0 saturated heterocycles. The Bertz CT molecular complexity index is 121. The lowest BCUT2D eigenvalue weighted by molar-refractivity contribution is -0.118. The van der Waals surface area contributed by atoms with E-state index in [0.717, 1.165) is 12.8 Å². The van der Waals surface area contributed by atoms with Crippen molar-refractivity contribution in [1.29, 1.82) is 0 Å². The van der Waals surface area contributed by atoms with Gasteiger partial charge in [0.05, 0.1) is 0 Å². The fraction of sp³-hybridized carbons (Fsp3) is 0.667. The fourth-order valence-electron chi connectivity index (χ4n) is 0.991. The van der Waals surface area contributed by atoms with E-state index in [0.29, 0.717) is 0 Å². The van der Waals surface area contributed by atoms with E-state index in [1.807, 2.05) is 6.92 Å². The van der Waals surface area contributed by atoms with Gasteiger partial charge in [0.1, 0.15) is 0 Å². The Morgan fingerprint density at radius 3 is 2.20 bits per heavy atom. The van der Waals surface area contributed by atoms with Gasteiger partial charge in [0, 0.05) is 5.92 Å². The van der Waals surface area contributed by atoms with Gasteiger partial charge in [-0.05, 0) is 25.8 Å². The molecule has 0 fully saturated rings. The maximum atomic E-state index is 11.1. The minimum Gasteiger partial charge on any atom is -0.295 e. The summed E-state index contributed by atoms with van der Waals surface area (Å²) in [7, 11) is 0. The van der Waals surface area contributed by atoms with Crippen LogP contribution in [0.2, 0.25) is 0 Å². The summed E-state index contributed by atoms with van der Waals surface area (Å²) in [6.07, 6.45) is 5.39. The van der Waals surface area contributed by atoms with Gasteiger partial charge in [0.15, 0.2) is 5.78 Å². The summed E-state index contributed by atoms with van der Waals surface area (Å²) < 4.78 is 0. The van der Waals surface area contributed by atoms with Gasteiger partial charge >= 0.3 is 0 Å². The SMILES string of the molecule is CC=CC(=O)C(CC)CC. The molecule has 58 valence electrons. The standard InChI is InChI=1S/C9H16O/c1-4-7-9(10)8(5-2)6-3/h4,7-8H,5-6H2,1-3H3. The zero-order valence-corrected chi connectivity index (χ0v) is 7.05. The Hall–Kier alpha value is -0.590. The largest absolute Gasteiger partial charge is 0.295 e. The Morgan fingerprint density at radius 1 is 1.40 bits per heavy atom. The number of hydrogen-bond acceptors (Lipinski definition) is 1. The van der Waals surface area contributed by atoms with Crippen LogP contribution in [-0.2, 0) is 4.79 Å². The average molecular weight is 140 g/mol. The van der Waals surface area contributed by atoms with Crippen LogP contribution in [0, 0.1) is 5.92 Å². The second kappa shape index (κ2) is 5.21. The number of rotatable bonds is 4. The summed E-state index contributed by atoms with van der Waals surface area (Å²) in [5.74, 6) is 0.517. The van der Waals surface area contributed by atoms with E-state index in [4.69, 9.17) is 0 Å².